The number of hydrogen-bond donors (Lipinski definition) is 1. The zero-order valence-electron chi connectivity index (χ0n) is 16.8. The van der Waals surface area contributed by atoms with Gasteiger partial charge in [-0.2, -0.15) is 5.10 Å². The van der Waals surface area contributed by atoms with Crippen LogP contribution in [0.15, 0.2) is 64.7 Å². The van der Waals surface area contributed by atoms with Gasteiger partial charge in [-0.3, -0.25) is 24.3 Å². The number of amides is 1. The Hall–Kier alpha value is -3.70. The van der Waals surface area contributed by atoms with E-state index in [0.29, 0.717) is 32.7 Å². The van der Waals surface area contributed by atoms with Crippen LogP contribution in [0.2, 0.25) is 5.02 Å². The minimum Gasteiger partial charge on any atom is -0.326 e. The number of hydrogen-bond acceptors (Lipinski definition) is 7. The minimum absolute atomic E-state index is 0.0289. The van der Waals surface area contributed by atoms with Crippen molar-refractivity contribution in [2.45, 2.75) is 17.6 Å². The van der Waals surface area contributed by atoms with Crippen molar-refractivity contribution in [3.05, 3.63) is 80.2 Å². The second kappa shape index (κ2) is 8.34. The van der Waals surface area contributed by atoms with Gasteiger partial charge in [-0.15, -0.1) is 0 Å². The van der Waals surface area contributed by atoms with Crippen LogP contribution in [0.5, 0.6) is 0 Å². The van der Waals surface area contributed by atoms with Crippen LogP contribution in [0, 0.1) is 10.1 Å². The van der Waals surface area contributed by atoms with Gasteiger partial charge >= 0.3 is 0 Å². The fraction of sp³-hybridized carbons (Fsp3) is 0.143. The van der Waals surface area contributed by atoms with Crippen LogP contribution in [0.4, 0.5) is 11.4 Å². The fourth-order valence-corrected chi connectivity index (χ4v) is 4.93. The summed E-state index contributed by atoms with van der Waals surface area (Å²) in [7, 11) is 0. The topological polar surface area (TPSA) is 125 Å². The lowest BCUT2D eigenvalue weighted by Crippen LogP contribution is -2.27. The highest BCUT2D eigenvalue weighted by molar-refractivity contribution is 7.99. The summed E-state index contributed by atoms with van der Waals surface area (Å²) in [6.07, 6.45) is 1.50. The van der Waals surface area contributed by atoms with Crippen LogP contribution in [-0.2, 0) is 4.79 Å². The van der Waals surface area contributed by atoms with Gasteiger partial charge in [-0.25, -0.2) is 9.67 Å². The summed E-state index contributed by atoms with van der Waals surface area (Å²) in [5, 5.41) is 19.4. The Balaban J connectivity index is 1.41. The van der Waals surface area contributed by atoms with E-state index < -0.39 is 11.0 Å². The normalized spacial score (nSPS) is 14.9. The maximum Gasteiger partial charge on any atom is 0.271 e. The highest BCUT2D eigenvalue weighted by Crippen LogP contribution is 2.33. The molecule has 1 amide bonds. The number of nitro groups is 1. The van der Waals surface area contributed by atoms with Crippen LogP contribution in [0.3, 0.4) is 0 Å². The molecule has 1 atom stereocenters. The molecule has 0 saturated heterocycles. The summed E-state index contributed by atoms with van der Waals surface area (Å²) in [6.45, 7) is 0. The SMILES string of the molecule is O=C(CC1CSc2nc3c(cnn3-c3ccc(Cl)cc3)c(=O)n21)Nc1cccc([N+](=O)[O-])c1. The van der Waals surface area contributed by atoms with Gasteiger partial charge in [0.1, 0.15) is 5.39 Å². The van der Waals surface area contributed by atoms with E-state index in [-0.39, 0.29) is 23.6 Å². The molecule has 1 aliphatic rings. The number of thioether (sulfide) groups is 1. The molecule has 12 heteroatoms. The number of fused-ring (bicyclic) bond motifs is 2. The minimum atomic E-state index is -0.528. The van der Waals surface area contributed by atoms with Crippen molar-refractivity contribution < 1.29 is 9.72 Å². The molecule has 1 aliphatic heterocycles. The molecule has 5 rings (SSSR count). The highest BCUT2D eigenvalue weighted by Gasteiger charge is 2.29. The van der Waals surface area contributed by atoms with Crippen molar-refractivity contribution >= 4 is 51.7 Å². The van der Waals surface area contributed by atoms with Crippen LogP contribution < -0.4 is 10.9 Å². The Kier molecular flexibility index (Phi) is 5.35. The maximum absolute atomic E-state index is 13.2. The summed E-state index contributed by atoms with van der Waals surface area (Å²) in [5.74, 6) is 0.156. The van der Waals surface area contributed by atoms with Gasteiger partial charge < -0.3 is 5.32 Å². The first-order chi connectivity index (χ1) is 15.9. The average molecular weight is 483 g/mol. The van der Waals surface area contributed by atoms with E-state index >= 15 is 0 Å². The Morgan fingerprint density at radius 2 is 2.06 bits per heavy atom. The lowest BCUT2D eigenvalue weighted by atomic mass is 10.2. The number of non-ortho nitro benzene ring substituents is 1. The zero-order valence-corrected chi connectivity index (χ0v) is 18.4. The summed E-state index contributed by atoms with van der Waals surface area (Å²) in [5.41, 5.74) is 1.10. The van der Waals surface area contributed by atoms with Gasteiger partial charge in [0, 0.05) is 35.0 Å². The molecule has 0 spiro atoms. The smallest absolute Gasteiger partial charge is 0.271 e. The predicted molar refractivity (Wildman–Crippen MR) is 124 cm³/mol. The van der Waals surface area contributed by atoms with E-state index in [1.165, 1.54) is 40.7 Å². The molecule has 33 heavy (non-hydrogen) atoms. The Morgan fingerprint density at radius 3 is 2.82 bits per heavy atom. The van der Waals surface area contributed by atoms with Crippen LogP contribution >= 0.6 is 23.4 Å². The third kappa shape index (κ3) is 3.96. The van der Waals surface area contributed by atoms with Crippen LogP contribution in [0.25, 0.3) is 16.7 Å². The predicted octanol–water partition coefficient (Wildman–Crippen LogP) is 3.82. The van der Waals surface area contributed by atoms with E-state index in [0.717, 1.165) is 5.69 Å². The number of nitrogens with one attached hydrogen (secondary N) is 1. The monoisotopic (exact) mass is 482 g/mol. The van der Waals surface area contributed by atoms with Crippen molar-refractivity contribution in [3.8, 4) is 5.69 Å². The molecule has 0 saturated carbocycles. The molecular formula is C21H15ClN6O4S. The zero-order chi connectivity index (χ0) is 23.1. The molecule has 0 fully saturated rings. The van der Waals surface area contributed by atoms with Gasteiger partial charge in [-0.05, 0) is 30.3 Å². The summed E-state index contributed by atoms with van der Waals surface area (Å²) < 4.78 is 3.10. The summed E-state index contributed by atoms with van der Waals surface area (Å²) in [4.78, 5) is 40.9. The molecule has 2 aromatic carbocycles. The van der Waals surface area contributed by atoms with Crippen molar-refractivity contribution in [1.29, 1.82) is 0 Å². The first kappa shape index (κ1) is 21.2. The van der Waals surface area contributed by atoms with Crippen molar-refractivity contribution in [1.82, 2.24) is 19.3 Å². The maximum atomic E-state index is 13.2. The van der Waals surface area contributed by atoms with E-state index in [9.17, 15) is 19.7 Å². The van der Waals surface area contributed by atoms with Gasteiger partial charge in [0.25, 0.3) is 11.2 Å². The summed E-state index contributed by atoms with van der Waals surface area (Å²) >= 11 is 7.35. The number of nitrogens with zero attached hydrogens (tertiary/aromatic N) is 5. The van der Waals surface area contributed by atoms with Crippen LogP contribution in [0.1, 0.15) is 12.5 Å². The number of benzene rings is 2. The van der Waals surface area contributed by atoms with Crippen molar-refractivity contribution in [3.63, 3.8) is 0 Å². The average Bonchev–Trinajstić information content (AvgIpc) is 3.39. The van der Waals surface area contributed by atoms with E-state index in [1.54, 1.807) is 35.0 Å². The molecule has 4 aromatic rings. The molecule has 1 unspecified atom stereocenters. The molecule has 166 valence electrons. The van der Waals surface area contributed by atoms with E-state index in [1.807, 2.05) is 0 Å². The van der Waals surface area contributed by atoms with Gasteiger partial charge in [0.2, 0.25) is 5.91 Å². The molecule has 1 N–H and O–H groups in total. The number of carbonyl (C=O) groups is 1. The standard InChI is InChI=1S/C21H15ClN6O4S/c22-12-4-6-14(7-5-12)27-19-17(10-23-27)20(30)26-16(11-33-21(26)25-19)9-18(29)24-13-2-1-3-15(8-13)28(31)32/h1-8,10,16H,9,11H2,(H,24,29). The number of halogens is 1. The Morgan fingerprint density at radius 1 is 1.27 bits per heavy atom. The number of carbonyl (C=O) groups excluding carboxylic acids is 1. The highest BCUT2D eigenvalue weighted by atomic mass is 35.5. The van der Waals surface area contributed by atoms with Crippen LogP contribution in [-0.4, -0.2) is 35.9 Å². The molecule has 0 bridgehead atoms. The fourth-order valence-electron chi connectivity index (χ4n) is 3.68. The largest absolute Gasteiger partial charge is 0.326 e. The Bertz CT molecular complexity index is 1470. The number of anilines is 1. The van der Waals surface area contributed by atoms with Gasteiger partial charge in [0.05, 0.1) is 22.8 Å². The quantitative estimate of drug-likeness (QED) is 0.260. The lowest BCUT2D eigenvalue weighted by molar-refractivity contribution is -0.384. The van der Waals surface area contributed by atoms with E-state index in [2.05, 4.69) is 15.4 Å². The lowest BCUT2D eigenvalue weighted by Gasteiger charge is -2.13. The molecule has 0 radical (unpaired) electrons. The number of nitro benzene ring substituents is 1. The molecule has 10 nitrogen and oxygen atoms in total. The molecule has 0 aliphatic carbocycles. The first-order valence-electron chi connectivity index (χ1n) is 9.84. The third-order valence-corrected chi connectivity index (χ3v) is 6.55. The summed E-state index contributed by atoms with van der Waals surface area (Å²) in [6, 6.07) is 12.3. The second-order valence-corrected chi connectivity index (χ2v) is 8.79. The molecule has 3 heterocycles. The van der Waals surface area contributed by atoms with E-state index in [4.69, 9.17) is 11.6 Å². The van der Waals surface area contributed by atoms with Crippen molar-refractivity contribution in [2.24, 2.45) is 0 Å². The second-order valence-electron chi connectivity index (χ2n) is 7.36. The number of rotatable bonds is 5. The molecule has 2 aromatic heterocycles. The first-order valence-corrected chi connectivity index (χ1v) is 11.2. The number of aromatic nitrogens is 4. The van der Waals surface area contributed by atoms with Gasteiger partial charge in [-0.1, -0.05) is 29.4 Å². The van der Waals surface area contributed by atoms with Crippen molar-refractivity contribution in [2.75, 3.05) is 11.1 Å². The third-order valence-electron chi connectivity index (χ3n) is 5.20. The molecular weight excluding hydrogens is 468 g/mol. The van der Waals surface area contributed by atoms with Gasteiger partial charge in [0.15, 0.2) is 10.8 Å². The Labute approximate surface area is 195 Å².